The highest BCUT2D eigenvalue weighted by atomic mass is 19.1. The van der Waals surface area contributed by atoms with Crippen LogP contribution in [0, 0.1) is 5.82 Å². The Bertz CT molecular complexity index is 913. The van der Waals surface area contributed by atoms with Crippen molar-refractivity contribution in [3.05, 3.63) is 70.5 Å². The molecule has 1 aromatic heterocycles. The van der Waals surface area contributed by atoms with Crippen LogP contribution < -0.4 is 5.76 Å². The molecule has 130 valence electrons. The molecule has 1 aliphatic rings. The summed E-state index contributed by atoms with van der Waals surface area (Å²) in [5.74, 6) is -0.489. The summed E-state index contributed by atoms with van der Waals surface area (Å²) in [7, 11) is 0. The lowest BCUT2D eigenvalue weighted by atomic mass is 10.0. The molecule has 0 saturated carbocycles. The average molecular weight is 340 g/mol. The quantitative estimate of drug-likeness (QED) is 0.706. The van der Waals surface area contributed by atoms with Crippen molar-refractivity contribution in [1.82, 2.24) is 9.47 Å². The zero-order valence-corrected chi connectivity index (χ0v) is 14.0. The summed E-state index contributed by atoms with van der Waals surface area (Å²) in [6, 6.07) is 14.7. The first-order valence-corrected chi connectivity index (χ1v) is 8.80. The van der Waals surface area contributed by atoms with Gasteiger partial charge in [-0.3, -0.25) is 9.47 Å². The zero-order valence-electron chi connectivity index (χ0n) is 14.0. The van der Waals surface area contributed by atoms with Gasteiger partial charge in [-0.15, -0.1) is 0 Å². The van der Waals surface area contributed by atoms with E-state index in [-0.39, 0.29) is 11.6 Å². The Morgan fingerprint density at radius 1 is 1.08 bits per heavy atom. The Morgan fingerprint density at radius 2 is 1.88 bits per heavy atom. The third-order valence-electron chi connectivity index (χ3n) is 5.02. The van der Waals surface area contributed by atoms with E-state index in [0.29, 0.717) is 18.2 Å². The largest absolute Gasteiger partial charge is 0.419 e. The minimum Gasteiger partial charge on any atom is -0.408 e. The van der Waals surface area contributed by atoms with Crippen molar-refractivity contribution < 1.29 is 8.81 Å². The van der Waals surface area contributed by atoms with Gasteiger partial charge in [0.15, 0.2) is 5.58 Å². The van der Waals surface area contributed by atoms with E-state index in [1.54, 1.807) is 4.57 Å². The summed E-state index contributed by atoms with van der Waals surface area (Å²) < 4.78 is 20.1. The lowest BCUT2D eigenvalue weighted by Gasteiger charge is -2.24. The number of hydrogen-bond acceptors (Lipinski definition) is 3. The molecular formula is C20H21FN2O2. The summed E-state index contributed by atoms with van der Waals surface area (Å²) in [5, 5.41) is 0. The summed E-state index contributed by atoms with van der Waals surface area (Å²) in [5.41, 5.74) is 2.66. The Labute approximate surface area is 145 Å². The first-order chi connectivity index (χ1) is 12.2. The SMILES string of the molecule is O=c1oc2ccccc2n1CCCN1CCCC1c1ccc(F)cc1. The molecule has 4 rings (SSSR count). The number of aromatic nitrogens is 1. The van der Waals surface area contributed by atoms with Crippen molar-refractivity contribution >= 4 is 11.1 Å². The minimum absolute atomic E-state index is 0.195. The van der Waals surface area contributed by atoms with E-state index in [2.05, 4.69) is 4.90 Å². The Balaban J connectivity index is 1.43. The molecule has 5 heteroatoms. The Kier molecular flexibility index (Phi) is 4.40. The Hall–Kier alpha value is -2.40. The number of likely N-dealkylation sites (tertiary alicyclic amines) is 1. The normalized spacial score (nSPS) is 18.2. The van der Waals surface area contributed by atoms with Crippen LogP contribution in [-0.2, 0) is 6.54 Å². The average Bonchev–Trinajstić information content (AvgIpc) is 3.20. The van der Waals surface area contributed by atoms with Gasteiger partial charge in [-0.2, -0.15) is 0 Å². The molecule has 0 bridgehead atoms. The number of para-hydroxylation sites is 2. The third-order valence-corrected chi connectivity index (χ3v) is 5.02. The van der Waals surface area contributed by atoms with E-state index in [4.69, 9.17) is 4.42 Å². The van der Waals surface area contributed by atoms with Crippen LogP contribution in [0.25, 0.3) is 11.1 Å². The molecule has 1 aliphatic heterocycles. The molecule has 2 aromatic carbocycles. The maximum Gasteiger partial charge on any atom is 0.419 e. The van der Waals surface area contributed by atoms with Crippen LogP contribution in [0.1, 0.15) is 30.9 Å². The van der Waals surface area contributed by atoms with Crippen molar-refractivity contribution in [2.24, 2.45) is 0 Å². The topological polar surface area (TPSA) is 38.4 Å². The molecule has 0 N–H and O–H groups in total. The summed E-state index contributed by atoms with van der Waals surface area (Å²) in [4.78, 5) is 14.5. The molecule has 1 unspecified atom stereocenters. The van der Waals surface area contributed by atoms with Crippen molar-refractivity contribution in [1.29, 1.82) is 0 Å². The lowest BCUT2D eigenvalue weighted by molar-refractivity contribution is 0.248. The number of hydrogen-bond donors (Lipinski definition) is 0. The number of benzene rings is 2. The highest BCUT2D eigenvalue weighted by Gasteiger charge is 2.25. The van der Waals surface area contributed by atoms with Gasteiger partial charge >= 0.3 is 5.76 Å². The van der Waals surface area contributed by atoms with Gasteiger partial charge in [0.2, 0.25) is 0 Å². The van der Waals surface area contributed by atoms with Gasteiger partial charge in [0.25, 0.3) is 0 Å². The van der Waals surface area contributed by atoms with Crippen LogP contribution in [0.2, 0.25) is 0 Å². The fourth-order valence-corrected chi connectivity index (χ4v) is 3.81. The van der Waals surface area contributed by atoms with E-state index in [1.165, 1.54) is 17.7 Å². The molecule has 0 aliphatic carbocycles. The predicted octanol–water partition coefficient (Wildman–Crippen LogP) is 3.96. The molecule has 1 fully saturated rings. The van der Waals surface area contributed by atoms with E-state index < -0.39 is 0 Å². The molecule has 3 aromatic rings. The van der Waals surface area contributed by atoms with Crippen LogP contribution >= 0.6 is 0 Å². The standard InChI is InChI=1S/C20H21FN2O2/c21-16-10-8-15(9-11-16)17-6-3-12-22(17)13-4-14-23-18-5-1-2-7-19(18)25-20(23)24/h1-2,5,7-11,17H,3-4,6,12-14H2. The molecule has 1 saturated heterocycles. The number of aryl methyl sites for hydroxylation is 1. The predicted molar refractivity (Wildman–Crippen MR) is 95.0 cm³/mol. The van der Waals surface area contributed by atoms with Crippen molar-refractivity contribution in [2.75, 3.05) is 13.1 Å². The number of nitrogens with zero attached hydrogens (tertiary/aromatic N) is 2. The summed E-state index contributed by atoms with van der Waals surface area (Å²) >= 11 is 0. The molecule has 25 heavy (non-hydrogen) atoms. The second kappa shape index (κ2) is 6.84. The fraction of sp³-hybridized carbons (Fsp3) is 0.350. The second-order valence-corrected chi connectivity index (χ2v) is 6.59. The molecule has 1 atom stereocenters. The maximum absolute atomic E-state index is 13.1. The van der Waals surface area contributed by atoms with Crippen molar-refractivity contribution in [3.63, 3.8) is 0 Å². The van der Waals surface area contributed by atoms with Crippen LogP contribution in [-0.4, -0.2) is 22.6 Å². The molecule has 2 heterocycles. The number of oxazole rings is 1. The van der Waals surface area contributed by atoms with E-state index >= 15 is 0 Å². The van der Waals surface area contributed by atoms with Gasteiger partial charge in [0.1, 0.15) is 5.82 Å². The monoisotopic (exact) mass is 340 g/mol. The molecule has 0 spiro atoms. The van der Waals surface area contributed by atoms with Gasteiger partial charge in [-0.05, 0) is 55.6 Å². The van der Waals surface area contributed by atoms with Crippen LogP contribution in [0.5, 0.6) is 0 Å². The van der Waals surface area contributed by atoms with Crippen LogP contribution in [0.15, 0.2) is 57.7 Å². The maximum atomic E-state index is 13.1. The second-order valence-electron chi connectivity index (χ2n) is 6.59. The van der Waals surface area contributed by atoms with Gasteiger partial charge in [-0.25, -0.2) is 9.18 Å². The highest BCUT2D eigenvalue weighted by molar-refractivity contribution is 5.72. The first kappa shape index (κ1) is 16.1. The Morgan fingerprint density at radius 3 is 2.72 bits per heavy atom. The van der Waals surface area contributed by atoms with Gasteiger partial charge in [-0.1, -0.05) is 24.3 Å². The fourth-order valence-electron chi connectivity index (χ4n) is 3.81. The van der Waals surface area contributed by atoms with Gasteiger partial charge in [0.05, 0.1) is 5.52 Å². The van der Waals surface area contributed by atoms with Gasteiger partial charge in [0, 0.05) is 19.1 Å². The van der Waals surface area contributed by atoms with Gasteiger partial charge < -0.3 is 4.42 Å². The molecular weight excluding hydrogens is 319 g/mol. The first-order valence-electron chi connectivity index (χ1n) is 8.80. The number of halogens is 1. The smallest absolute Gasteiger partial charge is 0.408 e. The molecule has 4 nitrogen and oxygen atoms in total. The zero-order chi connectivity index (χ0) is 17.2. The molecule has 0 amide bonds. The summed E-state index contributed by atoms with van der Waals surface area (Å²) in [6.07, 6.45) is 3.12. The highest BCUT2D eigenvalue weighted by Crippen LogP contribution is 2.31. The summed E-state index contributed by atoms with van der Waals surface area (Å²) in [6.45, 7) is 2.60. The van der Waals surface area contributed by atoms with Crippen LogP contribution in [0.3, 0.4) is 0 Å². The van der Waals surface area contributed by atoms with E-state index in [9.17, 15) is 9.18 Å². The number of rotatable bonds is 5. The van der Waals surface area contributed by atoms with E-state index in [1.807, 2.05) is 36.4 Å². The molecule has 0 radical (unpaired) electrons. The van der Waals surface area contributed by atoms with Crippen LogP contribution in [0.4, 0.5) is 4.39 Å². The number of fused-ring (bicyclic) bond motifs is 1. The van der Waals surface area contributed by atoms with Crippen molar-refractivity contribution in [2.45, 2.75) is 31.8 Å². The minimum atomic E-state index is -0.294. The van der Waals surface area contributed by atoms with E-state index in [0.717, 1.165) is 37.9 Å². The van der Waals surface area contributed by atoms with Crippen molar-refractivity contribution in [3.8, 4) is 0 Å². The third kappa shape index (κ3) is 3.24. The lowest BCUT2D eigenvalue weighted by Crippen LogP contribution is -2.26.